The van der Waals surface area contributed by atoms with Crippen LogP contribution in [0.25, 0.3) is 31.8 Å². The Morgan fingerprint density at radius 3 is 2.65 bits per heavy atom. The predicted molar refractivity (Wildman–Crippen MR) is 102 cm³/mol. The summed E-state index contributed by atoms with van der Waals surface area (Å²) in [6.07, 6.45) is 0. The molecule has 5 nitrogen and oxygen atoms in total. The number of carbonyl (C=O) groups excluding carboxylic acids is 1. The maximum absolute atomic E-state index is 13.1. The Morgan fingerprint density at radius 1 is 1.15 bits per heavy atom. The van der Waals surface area contributed by atoms with Crippen LogP contribution in [0.5, 0.6) is 5.75 Å². The van der Waals surface area contributed by atoms with Gasteiger partial charge in [0.05, 0.1) is 21.2 Å². The molecule has 2 aromatic heterocycles. The van der Waals surface area contributed by atoms with Crippen LogP contribution in [0.15, 0.2) is 45.6 Å². The summed E-state index contributed by atoms with van der Waals surface area (Å²) in [6.45, 7) is 4.85. The molecule has 0 saturated carbocycles. The lowest BCUT2D eigenvalue weighted by atomic mass is 10.1. The van der Waals surface area contributed by atoms with Crippen molar-refractivity contribution in [1.29, 1.82) is 0 Å². The zero-order valence-electron chi connectivity index (χ0n) is 14.5. The first kappa shape index (κ1) is 16.5. The van der Waals surface area contributed by atoms with E-state index in [0.717, 1.165) is 10.2 Å². The van der Waals surface area contributed by atoms with E-state index in [1.807, 2.05) is 24.3 Å². The van der Waals surface area contributed by atoms with Crippen molar-refractivity contribution in [3.63, 3.8) is 0 Å². The van der Waals surface area contributed by atoms with Crippen molar-refractivity contribution in [2.75, 3.05) is 0 Å². The Bertz CT molecular complexity index is 1200. The summed E-state index contributed by atoms with van der Waals surface area (Å²) in [7, 11) is 0. The van der Waals surface area contributed by atoms with Crippen molar-refractivity contribution >= 4 is 38.5 Å². The van der Waals surface area contributed by atoms with Crippen molar-refractivity contribution in [3.05, 3.63) is 57.9 Å². The number of nitrogens with zero attached hydrogens (tertiary/aromatic N) is 1. The molecule has 130 valence electrons. The first-order valence-electron chi connectivity index (χ1n) is 8.07. The van der Waals surface area contributed by atoms with Gasteiger partial charge in [-0.2, -0.15) is 0 Å². The summed E-state index contributed by atoms with van der Waals surface area (Å²) >= 11 is 1.46. The molecule has 0 aliphatic carbocycles. The Labute approximate surface area is 152 Å². The van der Waals surface area contributed by atoms with Crippen molar-refractivity contribution in [2.45, 2.75) is 20.8 Å². The second-order valence-electron chi connectivity index (χ2n) is 6.01. The SMILES string of the molecule is CC(=O)Oc1ccc2c(=O)c(-c3nc4ccccc4s3)c(C)oc2c1C. The third kappa shape index (κ3) is 2.59. The molecule has 0 unspecified atom stereocenters. The van der Waals surface area contributed by atoms with Gasteiger partial charge >= 0.3 is 5.97 Å². The molecule has 0 fully saturated rings. The minimum Gasteiger partial charge on any atom is -0.460 e. The number of para-hydroxylation sites is 1. The van der Waals surface area contributed by atoms with Gasteiger partial charge in [0.25, 0.3) is 0 Å². The maximum Gasteiger partial charge on any atom is 0.308 e. The number of thiazole rings is 1. The van der Waals surface area contributed by atoms with E-state index in [4.69, 9.17) is 9.15 Å². The molecule has 0 amide bonds. The van der Waals surface area contributed by atoms with Gasteiger partial charge in [0, 0.05) is 12.5 Å². The average Bonchev–Trinajstić information content (AvgIpc) is 3.01. The second-order valence-corrected chi connectivity index (χ2v) is 7.04. The number of ether oxygens (including phenoxy) is 1. The van der Waals surface area contributed by atoms with Crippen LogP contribution in [-0.2, 0) is 4.79 Å². The number of benzene rings is 2. The predicted octanol–water partition coefficient (Wildman–Crippen LogP) is 4.61. The van der Waals surface area contributed by atoms with E-state index < -0.39 is 5.97 Å². The fourth-order valence-electron chi connectivity index (χ4n) is 2.97. The molecule has 26 heavy (non-hydrogen) atoms. The van der Waals surface area contributed by atoms with Gasteiger partial charge in [-0.3, -0.25) is 9.59 Å². The van der Waals surface area contributed by atoms with Crippen LogP contribution < -0.4 is 10.2 Å². The molecular weight excluding hydrogens is 350 g/mol. The normalized spacial score (nSPS) is 11.2. The molecule has 6 heteroatoms. The van der Waals surface area contributed by atoms with Gasteiger partial charge in [0.15, 0.2) is 0 Å². The molecule has 0 aliphatic heterocycles. The van der Waals surface area contributed by atoms with Crippen molar-refractivity contribution in [3.8, 4) is 16.3 Å². The zero-order chi connectivity index (χ0) is 18.4. The number of rotatable bonds is 2. The molecule has 0 bridgehead atoms. The van der Waals surface area contributed by atoms with Crippen molar-refractivity contribution in [1.82, 2.24) is 4.98 Å². The highest BCUT2D eigenvalue weighted by Crippen LogP contribution is 2.33. The molecule has 0 saturated heterocycles. The highest BCUT2D eigenvalue weighted by Gasteiger charge is 2.19. The summed E-state index contributed by atoms with van der Waals surface area (Å²) < 4.78 is 12.1. The maximum atomic E-state index is 13.1. The molecule has 0 N–H and O–H groups in total. The van der Waals surface area contributed by atoms with Gasteiger partial charge in [0.2, 0.25) is 5.43 Å². The lowest BCUT2D eigenvalue weighted by molar-refractivity contribution is -0.131. The first-order valence-corrected chi connectivity index (χ1v) is 8.88. The van der Waals surface area contributed by atoms with Gasteiger partial charge in [-0.25, -0.2) is 4.98 Å². The Kier molecular flexibility index (Phi) is 3.85. The third-order valence-electron chi connectivity index (χ3n) is 4.20. The minimum absolute atomic E-state index is 0.139. The van der Waals surface area contributed by atoms with E-state index in [-0.39, 0.29) is 5.43 Å². The first-order chi connectivity index (χ1) is 12.5. The summed E-state index contributed by atoms with van der Waals surface area (Å²) in [5, 5.41) is 1.08. The number of aromatic nitrogens is 1. The molecule has 2 heterocycles. The monoisotopic (exact) mass is 365 g/mol. The highest BCUT2D eigenvalue weighted by molar-refractivity contribution is 7.21. The molecule has 4 aromatic rings. The number of carbonyl (C=O) groups is 1. The number of fused-ring (bicyclic) bond motifs is 2. The van der Waals surface area contributed by atoms with Crippen LogP contribution in [0.4, 0.5) is 0 Å². The third-order valence-corrected chi connectivity index (χ3v) is 5.25. The standard InChI is InChI=1S/C20H15NO4S/c1-10-15(25-12(3)22)9-8-13-18(23)17(11(2)24-19(10)13)20-21-14-6-4-5-7-16(14)26-20/h4-9H,1-3H3. The highest BCUT2D eigenvalue weighted by atomic mass is 32.1. The fraction of sp³-hybridized carbons (Fsp3) is 0.150. The number of esters is 1. The largest absolute Gasteiger partial charge is 0.460 e. The summed E-state index contributed by atoms with van der Waals surface area (Å²) in [6, 6.07) is 11.0. The molecular formula is C20H15NO4S. The number of hydrogen-bond donors (Lipinski definition) is 0. The zero-order valence-corrected chi connectivity index (χ0v) is 15.3. The van der Waals surface area contributed by atoms with Gasteiger partial charge < -0.3 is 9.15 Å². The molecule has 0 spiro atoms. The van der Waals surface area contributed by atoms with Gasteiger partial charge in [0.1, 0.15) is 22.1 Å². The van der Waals surface area contributed by atoms with Crippen LogP contribution in [0, 0.1) is 13.8 Å². The van der Waals surface area contributed by atoms with Gasteiger partial charge in [-0.05, 0) is 38.1 Å². The van der Waals surface area contributed by atoms with Crippen molar-refractivity contribution < 1.29 is 13.9 Å². The minimum atomic E-state index is -0.419. The van der Waals surface area contributed by atoms with E-state index in [0.29, 0.717) is 38.6 Å². The number of hydrogen-bond acceptors (Lipinski definition) is 6. The van der Waals surface area contributed by atoms with E-state index >= 15 is 0 Å². The fourth-order valence-corrected chi connectivity index (χ4v) is 4.03. The molecule has 4 rings (SSSR count). The Morgan fingerprint density at radius 2 is 1.92 bits per heavy atom. The number of aryl methyl sites for hydroxylation is 2. The van der Waals surface area contributed by atoms with E-state index in [1.165, 1.54) is 18.3 Å². The van der Waals surface area contributed by atoms with E-state index in [2.05, 4.69) is 4.98 Å². The molecule has 0 radical (unpaired) electrons. The van der Waals surface area contributed by atoms with Crippen LogP contribution in [0.2, 0.25) is 0 Å². The van der Waals surface area contributed by atoms with Crippen molar-refractivity contribution in [2.24, 2.45) is 0 Å². The van der Waals surface area contributed by atoms with E-state index in [1.54, 1.807) is 26.0 Å². The Hall–Kier alpha value is -2.99. The van der Waals surface area contributed by atoms with Crippen LogP contribution in [0.1, 0.15) is 18.2 Å². The summed E-state index contributed by atoms with van der Waals surface area (Å²) in [5.74, 6) is 0.461. The van der Waals surface area contributed by atoms with Crippen LogP contribution in [0.3, 0.4) is 0 Å². The molecule has 2 aromatic carbocycles. The lowest BCUT2D eigenvalue weighted by Gasteiger charge is -2.10. The lowest BCUT2D eigenvalue weighted by Crippen LogP contribution is -2.09. The van der Waals surface area contributed by atoms with E-state index in [9.17, 15) is 9.59 Å². The summed E-state index contributed by atoms with van der Waals surface area (Å²) in [5.41, 5.74) is 2.23. The average molecular weight is 365 g/mol. The van der Waals surface area contributed by atoms with Gasteiger partial charge in [-0.1, -0.05) is 12.1 Å². The Balaban J connectivity index is 1.97. The topological polar surface area (TPSA) is 69.4 Å². The smallest absolute Gasteiger partial charge is 0.308 e. The molecule has 0 atom stereocenters. The summed E-state index contributed by atoms with van der Waals surface area (Å²) in [4.78, 5) is 28.9. The van der Waals surface area contributed by atoms with Crippen LogP contribution in [-0.4, -0.2) is 11.0 Å². The molecule has 0 aliphatic rings. The van der Waals surface area contributed by atoms with Crippen LogP contribution >= 0.6 is 11.3 Å². The quantitative estimate of drug-likeness (QED) is 0.383. The van der Waals surface area contributed by atoms with Gasteiger partial charge in [-0.15, -0.1) is 11.3 Å². The second kappa shape index (κ2) is 6.07.